The Morgan fingerprint density at radius 3 is 1.19 bits per heavy atom. The van der Waals surface area contributed by atoms with Crippen molar-refractivity contribution in [1.82, 2.24) is 0 Å². The molecule has 0 amide bonds. The van der Waals surface area contributed by atoms with E-state index in [1.807, 2.05) is 76.7 Å². The lowest BCUT2D eigenvalue weighted by Gasteiger charge is -2.14. The van der Waals surface area contributed by atoms with Crippen LogP contribution in [0, 0.1) is 5.41 Å². The van der Waals surface area contributed by atoms with E-state index in [1.54, 1.807) is 0 Å². The van der Waals surface area contributed by atoms with E-state index >= 15 is 0 Å². The summed E-state index contributed by atoms with van der Waals surface area (Å²) in [5.41, 5.74) is 4.72. The van der Waals surface area contributed by atoms with Crippen LogP contribution in [0.5, 0.6) is 0 Å². The summed E-state index contributed by atoms with van der Waals surface area (Å²) in [7, 11) is 8.06. The van der Waals surface area contributed by atoms with Crippen LogP contribution in [0.25, 0.3) is 0 Å². The molecule has 21 heavy (non-hydrogen) atoms. The minimum Gasteiger partial charge on any atom is -0.412 e. The van der Waals surface area contributed by atoms with Gasteiger partial charge in [-0.1, -0.05) is 24.3 Å². The molecule has 0 aromatic heterocycles. The van der Waals surface area contributed by atoms with Gasteiger partial charge in [-0.2, -0.15) is 0 Å². The predicted molar refractivity (Wildman–Crippen MR) is 91.1 cm³/mol. The Morgan fingerprint density at radius 2 is 0.952 bits per heavy atom. The van der Waals surface area contributed by atoms with E-state index in [2.05, 4.69) is 9.80 Å². The number of rotatable bonds is 4. The molecular weight excluding hydrogens is 262 g/mol. The second-order valence-corrected chi connectivity index (χ2v) is 5.26. The molecular formula is C17H23N3O. The lowest BCUT2D eigenvalue weighted by atomic mass is 10.0. The number of anilines is 2. The topological polar surface area (TPSA) is 61.8 Å². The van der Waals surface area contributed by atoms with Gasteiger partial charge in [0.15, 0.2) is 0 Å². The number of nitrogens with zero attached hydrogens (tertiary/aromatic N) is 2. The normalized spacial score (nSPS) is 9.71. The van der Waals surface area contributed by atoms with Crippen LogP contribution < -0.4 is 9.80 Å². The van der Waals surface area contributed by atoms with Crippen LogP contribution in [-0.4, -0.2) is 39.4 Å². The third-order valence-corrected chi connectivity index (χ3v) is 3.34. The lowest BCUT2D eigenvalue weighted by molar-refractivity contribution is 0.824. The first-order valence-corrected chi connectivity index (χ1v) is 6.63. The first kappa shape index (κ1) is 16.7. The second kappa shape index (κ2) is 6.90. The summed E-state index contributed by atoms with van der Waals surface area (Å²) >= 11 is 0. The van der Waals surface area contributed by atoms with E-state index in [9.17, 15) is 0 Å². The summed E-state index contributed by atoms with van der Waals surface area (Å²) in [6.07, 6.45) is 0. The largest absolute Gasteiger partial charge is 0.412 e. The zero-order valence-corrected chi connectivity index (χ0v) is 13.0. The van der Waals surface area contributed by atoms with Crippen molar-refractivity contribution in [2.75, 3.05) is 38.0 Å². The number of nitrogens with one attached hydrogen (secondary N) is 1. The standard InChI is InChI=1S/C17H21N3.H2O/c1-19(2)15-9-5-13(6-10-15)17(18)14-7-11-16(12-8-14)20(3)4;/h5-12,18H,1-4H3;1H2. The minimum absolute atomic E-state index is 0. The van der Waals surface area contributed by atoms with E-state index in [-0.39, 0.29) is 5.48 Å². The molecule has 0 saturated heterocycles. The van der Waals surface area contributed by atoms with Gasteiger partial charge in [-0.25, -0.2) is 0 Å². The summed E-state index contributed by atoms with van der Waals surface area (Å²) in [4.78, 5) is 4.11. The fourth-order valence-electron chi connectivity index (χ4n) is 2.02. The number of hydrogen-bond acceptors (Lipinski definition) is 3. The van der Waals surface area contributed by atoms with Crippen molar-refractivity contribution in [1.29, 1.82) is 5.41 Å². The molecule has 2 rings (SSSR count). The zero-order valence-electron chi connectivity index (χ0n) is 13.0. The highest BCUT2D eigenvalue weighted by Crippen LogP contribution is 2.18. The quantitative estimate of drug-likeness (QED) is 0.877. The molecule has 0 aliphatic heterocycles. The van der Waals surface area contributed by atoms with Gasteiger partial charge in [0.2, 0.25) is 0 Å². The molecule has 0 atom stereocenters. The molecule has 0 aliphatic carbocycles. The molecule has 3 N–H and O–H groups in total. The van der Waals surface area contributed by atoms with Crippen LogP contribution in [-0.2, 0) is 0 Å². The van der Waals surface area contributed by atoms with Crippen molar-refractivity contribution in [3.8, 4) is 0 Å². The second-order valence-electron chi connectivity index (χ2n) is 5.26. The van der Waals surface area contributed by atoms with Gasteiger partial charge in [0.05, 0.1) is 5.71 Å². The van der Waals surface area contributed by atoms with Crippen LogP contribution in [0.3, 0.4) is 0 Å². The Labute approximate surface area is 126 Å². The highest BCUT2D eigenvalue weighted by molar-refractivity contribution is 6.11. The summed E-state index contributed by atoms with van der Waals surface area (Å²) in [6, 6.07) is 16.1. The predicted octanol–water partition coefficient (Wildman–Crippen LogP) is 2.41. The molecule has 0 spiro atoms. The maximum Gasteiger partial charge on any atom is 0.0684 e. The average molecular weight is 285 g/mol. The molecule has 0 saturated carbocycles. The summed E-state index contributed by atoms with van der Waals surface area (Å²) in [5.74, 6) is 0. The van der Waals surface area contributed by atoms with E-state index in [0.29, 0.717) is 5.71 Å². The summed E-state index contributed by atoms with van der Waals surface area (Å²) in [6.45, 7) is 0. The van der Waals surface area contributed by atoms with Crippen molar-refractivity contribution in [2.45, 2.75) is 0 Å². The third kappa shape index (κ3) is 3.83. The Bertz CT molecular complexity index is 533. The molecule has 0 heterocycles. The highest BCUT2D eigenvalue weighted by Gasteiger charge is 2.06. The third-order valence-electron chi connectivity index (χ3n) is 3.34. The monoisotopic (exact) mass is 285 g/mol. The fraction of sp³-hybridized carbons (Fsp3) is 0.235. The van der Waals surface area contributed by atoms with Gasteiger partial charge in [0.25, 0.3) is 0 Å². The van der Waals surface area contributed by atoms with Crippen molar-refractivity contribution in [3.05, 3.63) is 59.7 Å². The Morgan fingerprint density at radius 1 is 0.667 bits per heavy atom. The Hall–Kier alpha value is -2.33. The smallest absolute Gasteiger partial charge is 0.0684 e. The van der Waals surface area contributed by atoms with Gasteiger partial charge in [0.1, 0.15) is 0 Å². The van der Waals surface area contributed by atoms with Crippen LogP contribution in [0.4, 0.5) is 11.4 Å². The first-order chi connectivity index (χ1) is 9.49. The first-order valence-electron chi connectivity index (χ1n) is 6.63. The van der Waals surface area contributed by atoms with Crippen molar-refractivity contribution >= 4 is 17.1 Å². The van der Waals surface area contributed by atoms with Crippen molar-refractivity contribution in [3.63, 3.8) is 0 Å². The van der Waals surface area contributed by atoms with E-state index in [1.165, 1.54) is 0 Å². The van der Waals surface area contributed by atoms with E-state index in [0.717, 1.165) is 22.5 Å². The molecule has 0 radical (unpaired) electrons. The van der Waals surface area contributed by atoms with Gasteiger partial charge in [-0.3, -0.25) is 5.41 Å². The van der Waals surface area contributed by atoms with Crippen molar-refractivity contribution < 1.29 is 5.48 Å². The molecule has 2 aromatic carbocycles. The van der Waals surface area contributed by atoms with Gasteiger partial charge < -0.3 is 15.3 Å². The molecule has 0 unspecified atom stereocenters. The van der Waals surface area contributed by atoms with E-state index in [4.69, 9.17) is 5.41 Å². The lowest BCUT2D eigenvalue weighted by Crippen LogP contribution is -2.10. The number of benzene rings is 2. The number of hydrogen-bond donors (Lipinski definition) is 1. The molecule has 0 aliphatic rings. The minimum atomic E-state index is 0. The summed E-state index contributed by atoms with van der Waals surface area (Å²) < 4.78 is 0. The van der Waals surface area contributed by atoms with E-state index < -0.39 is 0 Å². The average Bonchev–Trinajstić information content (AvgIpc) is 2.46. The zero-order chi connectivity index (χ0) is 14.7. The van der Waals surface area contributed by atoms with Gasteiger partial charge in [0, 0.05) is 50.7 Å². The molecule has 0 fully saturated rings. The highest BCUT2D eigenvalue weighted by atomic mass is 16.0. The molecule has 0 bridgehead atoms. The molecule has 4 nitrogen and oxygen atoms in total. The van der Waals surface area contributed by atoms with Crippen LogP contribution in [0.15, 0.2) is 48.5 Å². The summed E-state index contributed by atoms with van der Waals surface area (Å²) in [5, 5.41) is 8.30. The van der Waals surface area contributed by atoms with Gasteiger partial charge >= 0.3 is 0 Å². The fourth-order valence-corrected chi connectivity index (χ4v) is 2.02. The SMILES string of the molecule is CN(C)c1ccc(C(=N)c2ccc(N(C)C)cc2)cc1.O. The Balaban J connectivity index is 0.00000220. The van der Waals surface area contributed by atoms with Crippen LogP contribution in [0.1, 0.15) is 11.1 Å². The van der Waals surface area contributed by atoms with Crippen LogP contribution >= 0.6 is 0 Å². The molecule has 112 valence electrons. The Kier molecular flexibility index (Phi) is 5.50. The maximum absolute atomic E-state index is 8.30. The molecule has 2 aromatic rings. The molecule has 4 heteroatoms. The van der Waals surface area contributed by atoms with Crippen molar-refractivity contribution in [2.24, 2.45) is 0 Å². The maximum atomic E-state index is 8.30. The van der Waals surface area contributed by atoms with Gasteiger partial charge in [-0.05, 0) is 24.3 Å². The van der Waals surface area contributed by atoms with Gasteiger partial charge in [-0.15, -0.1) is 0 Å². The van der Waals surface area contributed by atoms with Crippen LogP contribution in [0.2, 0.25) is 0 Å².